The van der Waals surface area contributed by atoms with Crippen molar-refractivity contribution in [3.8, 4) is 0 Å². The van der Waals surface area contributed by atoms with E-state index in [0.717, 1.165) is 32.5 Å². The molecule has 0 radical (unpaired) electrons. The molecule has 0 atom stereocenters. The maximum atomic E-state index is 12.8. The fourth-order valence-corrected chi connectivity index (χ4v) is 3.39. The number of carbonyl (C=O) groups is 1. The molecule has 1 amide bonds. The second kappa shape index (κ2) is 13.3. The SMILES string of the molecule is O=C(CNCCN1CCCCC1)NCc1cc(C(F)(F)F)cc(C(F)(F)F)c1.c1ccccc1. The lowest BCUT2D eigenvalue weighted by Gasteiger charge is -2.26. The molecule has 2 N–H and O–H groups in total. The first-order valence-corrected chi connectivity index (χ1v) is 11.0. The molecular formula is C24H29F6N3O. The Morgan fingerprint density at radius 3 is 1.76 bits per heavy atom. The van der Waals surface area contributed by atoms with Gasteiger partial charge in [-0.15, -0.1) is 0 Å². The Labute approximate surface area is 195 Å². The van der Waals surface area contributed by atoms with Crippen LogP contribution in [0.3, 0.4) is 0 Å². The number of benzene rings is 2. The topological polar surface area (TPSA) is 44.4 Å². The van der Waals surface area contributed by atoms with Crippen LogP contribution in [0.4, 0.5) is 26.3 Å². The average molecular weight is 490 g/mol. The van der Waals surface area contributed by atoms with E-state index in [1.54, 1.807) is 0 Å². The Morgan fingerprint density at radius 2 is 1.29 bits per heavy atom. The largest absolute Gasteiger partial charge is 0.416 e. The molecule has 1 saturated heterocycles. The molecule has 0 saturated carbocycles. The third-order valence-corrected chi connectivity index (χ3v) is 5.14. The number of nitrogens with one attached hydrogen (secondary N) is 2. The van der Waals surface area contributed by atoms with Gasteiger partial charge in [-0.2, -0.15) is 26.3 Å². The number of amides is 1. The molecule has 0 unspecified atom stereocenters. The van der Waals surface area contributed by atoms with E-state index in [2.05, 4.69) is 15.5 Å². The van der Waals surface area contributed by atoms with Gasteiger partial charge < -0.3 is 15.5 Å². The van der Waals surface area contributed by atoms with Gasteiger partial charge in [0.15, 0.2) is 0 Å². The van der Waals surface area contributed by atoms with Gasteiger partial charge in [0.25, 0.3) is 0 Å². The highest BCUT2D eigenvalue weighted by Crippen LogP contribution is 2.36. The van der Waals surface area contributed by atoms with Crippen LogP contribution in [0.2, 0.25) is 0 Å². The van der Waals surface area contributed by atoms with Gasteiger partial charge in [0.05, 0.1) is 17.7 Å². The van der Waals surface area contributed by atoms with Crippen molar-refractivity contribution in [1.82, 2.24) is 15.5 Å². The third kappa shape index (κ3) is 10.6. The summed E-state index contributed by atoms with van der Waals surface area (Å²) in [6.07, 6.45) is -6.29. The first-order chi connectivity index (χ1) is 16.1. The molecule has 1 fully saturated rings. The predicted molar refractivity (Wildman–Crippen MR) is 118 cm³/mol. The Balaban J connectivity index is 0.000000589. The highest BCUT2D eigenvalue weighted by Gasteiger charge is 2.36. The van der Waals surface area contributed by atoms with Crippen LogP contribution in [0, 0.1) is 0 Å². The second-order valence-electron chi connectivity index (χ2n) is 7.92. The van der Waals surface area contributed by atoms with Gasteiger partial charge >= 0.3 is 12.4 Å². The van der Waals surface area contributed by atoms with Gasteiger partial charge in [0, 0.05) is 19.6 Å². The Hall–Kier alpha value is -2.59. The number of likely N-dealkylation sites (tertiary alicyclic amines) is 1. The summed E-state index contributed by atoms with van der Waals surface area (Å²) in [5.74, 6) is -0.496. The van der Waals surface area contributed by atoms with Crippen LogP contribution >= 0.6 is 0 Å². The molecule has 0 aliphatic carbocycles. The molecule has 34 heavy (non-hydrogen) atoms. The molecule has 0 aromatic heterocycles. The second-order valence-corrected chi connectivity index (χ2v) is 7.92. The minimum Gasteiger partial charge on any atom is -0.351 e. The first kappa shape index (κ1) is 27.7. The van der Waals surface area contributed by atoms with E-state index in [1.165, 1.54) is 6.42 Å². The summed E-state index contributed by atoms with van der Waals surface area (Å²) in [7, 11) is 0. The summed E-state index contributed by atoms with van der Waals surface area (Å²) < 4.78 is 77.0. The first-order valence-electron chi connectivity index (χ1n) is 11.0. The van der Waals surface area contributed by atoms with Gasteiger partial charge in [-0.3, -0.25) is 4.79 Å². The highest BCUT2D eigenvalue weighted by molar-refractivity contribution is 5.77. The predicted octanol–water partition coefficient (Wildman–Crippen LogP) is 5.10. The van der Waals surface area contributed by atoms with Crippen molar-refractivity contribution < 1.29 is 31.1 Å². The van der Waals surface area contributed by atoms with Crippen LogP contribution in [-0.4, -0.2) is 43.5 Å². The Bertz CT molecular complexity index is 806. The number of alkyl halides is 6. The van der Waals surface area contributed by atoms with Crippen molar-refractivity contribution in [3.63, 3.8) is 0 Å². The molecule has 10 heteroatoms. The Kier molecular flexibility index (Phi) is 10.8. The van der Waals surface area contributed by atoms with E-state index < -0.39 is 35.9 Å². The van der Waals surface area contributed by atoms with E-state index >= 15 is 0 Å². The van der Waals surface area contributed by atoms with Crippen LogP contribution in [0.15, 0.2) is 54.6 Å². The summed E-state index contributed by atoms with van der Waals surface area (Å²) in [6, 6.07) is 13.3. The van der Waals surface area contributed by atoms with Crippen molar-refractivity contribution in [1.29, 1.82) is 0 Å². The number of hydrogen-bond donors (Lipinski definition) is 2. The van der Waals surface area contributed by atoms with E-state index in [9.17, 15) is 31.1 Å². The highest BCUT2D eigenvalue weighted by atomic mass is 19.4. The fraction of sp³-hybridized carbons (Fsp3) is 0.458. The molecular weight excluding hydrogens is 460 g/mol. The maximum absolute atomic E-state index is 12.8. The number of rotatable bonds is 7. The number of carbonyl (C=O) groups excluding carboxylic acids is 1. The molecule has 3 rings (SSSR count). The number of nitrogens with zero attached hydrogens (tertiary/aromatic N) is 1. The molecule has 2 aromatic carbocycles. The minimum absolute atomic E-state index is 0.0566. The van der Waals surface area contributed by atoms with Gasteiger partial charge in [-0.1, -0.05) is 42.8 Å². The smallest absolute Gasteiger partial charge is 0.351 e. The van der Waals surface area contributed by atoms with Crippen LogP contribution in [-0.2, 0) is 23.7 Å². The zero-order valence-electron chi connectivity index (χ0n) is 18.7. The van der Waals surface area contributed by atoms with Crippen molar-refractivity contribution in [2.75, 3.05) is 32.7 Å². The van der Waals surface area contributed by atoms with Crippen molar-refractivity contribution >= 4 is 5.91 Å². The molecule has 1 aliphatic rings. The van der Waals surface area contributed by atoms with Crippen molar-refractivity contribution in [2.24, 2.45) is 0 Å². The molecule has 188 valence electrons. The molecule has 2 aromatic rings. The van der Waals surface area contributed by atoms with E-state index in [-0.39, 0.29) is 18.2 Å². The van der Waals surface area contributed by atoms with E-state index in [0.29, 0.717) is 18.7 Å². The molecule has 0 bridgehead atoms. The standard InChI is InChI=1S/C18H23F6N3O.C6H6/c19-17(20,21)14-8-13(9-15(10-14)18(22,23)24)11-26-16(28)12-25-4-7-27-5-2-1-3-6-27;1-2-4-6-5-3-1/h8-10,25H,1-7,11-12H2,(H,26,28);1-6H. The molecule has 4 nitrogen and oxygen atoms in total. The third-order valence-electron chi connectivity index (χ3n) is 5.14. The normalized spacial score (nSPS) is 14.8. The summed E-state index contributed by atoms with van der Waals surface area (Å²) in [4.78, 5) is 14.1. The average Bonchev–Trinajstić information content (AvgIpc) is 2.81. The van der Waals surface area contributed by atoms with E-state index in [4.69, 9.17) is 0 Å². The Morgan fingerprint density at radius 1 is 0.794 bits per heavy atom. The van der Waals surface area contributed by atoms with Gasteiger partial charge in [-0.05, 0) is 49.7 Å². The zero-order valence-corrected chi connectivity index (χ0v) is 18.7. The van der Waals surface area contributed by atoms with Crippen LogP contribution < -0.4 is 10.6 Å². The van der Waals surface area contributed by atoms with Gasteiger partial charge in [0.1, 0.15) is 0 Å². The summed E-state index contributed by atoms with van der Waals surface area (Å²) in [5.41, 5.74) is -3.05. The molecule has 1 aliphatic heterocycles. The lowest BCUT2D eigenvalue weighted by molar-refractivity contribution is -0.143. The molecule has 0 spiro atoms. The summed E-state index contributed by atoms with van der Waals surface area (Å²) in [5, 5.41) is 5.27. The van der Waals surface area contributed by atoms with Crippen LogP contribution in [0.25, 0.3) is 0 Å². The maximum Gasteiger partial charge on any atom is 0.416 e. The summed E-state index contributed by atoms with van der Waals surface area (Å²) in [6.45, 7) is 2.93. The van der Waals surface area contributed by atoms with Gasteiger partial charge in [0.2, 0.25) is 5.91 Å². The van der Waals surface area contributed by atoms with Crippen molar-refractivity contribution in [2.45, 2.75) is 38.2 Å². The monoisotopic (exact) mass is 489 g/mol. The minimum atomic E-state index is -4.91. The van der Waals surface area contributed by atoms with Crippen molar-refractivity contribution in [3.05, 3.63) is 71.3 Å². The lowest BCUT2D eigenvalue weighted by atomic mass is 10.0. The fourth-order valence-electron chi connectivity index (χ4n) is 3.39. The van der Waals surface area contributed by atoms with Gasteiger partial charge in [-0.25, -0.2) is 0 Å². The number of hydrogen-bond acceptors (Lipinski definition) is 3. The van der Waals surface area contributed by atoms with Crippen LogP contribution in [0.1, 0.15) is 36.0 Å². The van der Waals surface area contributed by atoms with Crippen LogP contribution in [0.5, 0.6) is 0 Å². The number of halogens is 6. The summed E-state index contributed by atoms with van der Waals surface area (Å²) >= 11 is 0. The quantitative estimate of drug-likeness (QED) is 0.420. The zero-order chi connectivity index (χ0) is 25.0. The number of piperidine rings is 1. The van der Waals surface area contributed by atoms with E-state index in [1.807, 2.05) is 36.4 Å². The molecule has 1 heterocycles. The lowest BCUT2D eigenvalue weighted by Crippen LogP contribution is -2.39.